The van der Waals surface area contributed by atoms with Gasteiger partial charge in [-0.05, 0) is 90.4 Å². The van der Waals surface area contributed by atoms with E-state index in [4.69, 9.17) is 54.6 Å². The fourth-order valence-electron chi connectivity index (χ4n) is 8.26. The first-order chi connectivity index (χ1) is 37.1. The standard InChI is InChI=1S/C18H21N7O.C10H17BN2O2.C9H6ClN5.C9H16N2O.C5HCl2N3/c1-12-10-24(5-6-25(12)17(26)13-3-4-13)18-21-15(8-19)7-16(22-18)14-9-20-23(2)11-14;1-9(2)10(3,4)15-11(14-9)8-6-12-13(5)7-8;1-15-5-6(4-12-15)8-2-7(3-11)13-9(10)14-8;1-7-6-10-4-5-11(7)9(12)8-2-3-8;6-4-1-3(2-8)9-5(7)10-4/h7,9,11-13H,3-6,10H2,1-2H3;6-7H,1-5H3;2,4-5H,1H3;7-8,10H,2-6H2,1H3;1H/t12-;;;7-;/m1..1./s1. The van der Waals surface area contributed by atoms with E-state index in [9.17, 15) is 14.9 Å². The summed E-state index contributed by atoms with van der Waals surface area (Å²) >= 11 is 16.5. The van der Waals surface area contributed by atoms with Crippen LogP contribution in [0.5, 0.6) is 0 Å². The SMILES string of the molecule is C[C@@H]1CN(c2nc(C#N)cc(-c3cnn(C)c3)n2)CCN1C(=O)C1CC1.C[C@@H]1CNCCN1C(=O)C1CC1.Cn1cc(-c2cc(C#N)nc(Cl)n2)cn1.Cn1cc(B2OC(C)(C)C(C)(C)O2)cn1.N#Cc1cc(Cl)nc(Cl)n1. The maximum Gasteiger partial charge on any atom is 0.498 e. The number of anilines is 1. The number of piperazine rings is 2. The van der Waals surface area contributed by atoms with Crippen molar-refractivity contribution in [3.8, 4) is 40.7 Å². The maximum absolute atomic E-state index is 12.4. The summed E-state index contributed by atoms with van der Waals surface area (Å²) in [4.78, 5) is 54.0. The summed E-state index contributed by atoms with van der Waals surface area (Å²) in [5.41, 5.74) is 4.08. The molecule has 6 aromatic heterocycles. The molecule has 23 nitrogen and oxygen atoms in total. The maximum atomic E-state index is 12.4. The fourth-order valence-corrected chi connectivity index (χ4v) is 8.85. The molecule has 2 atom stereocenters. The number of halogens is 3. The number of nitrogens with one attached hydrogen (secondary N) is 1. The second-order valence-corrected chi connectivity index (χ2v) is 21.4. The predicted molar refractivity (Wildman–Crippen MR) is 291 cm³/mol. The van der Waals surface area contributed by atoms with E-state index in [-0.39, 0.29) is 63.3 Å². The molecular weight excluding hydrogens is 1060 g/mol. The Labute approximate surface area is 468 Å². The summed E-state index contributed by atoms with van der Waals surface area (Å²) in [6.07, 6.45) is 15.0. The van der Waals surface area contributed by atoms with Crippen LogP contribution in [0.15, 0.2) is 55.4 Å². The van der Waals surface area contributed by atoms with Crippen molar-refractivity contribution in [2.24, 2.45) is 33.0 Å². The highest BCUT2D eigenvalue weighted by Crippen LogP contribution is 2.37. The van der Waals surface area contributed by atoms with Crippen LogP contribution in [0.2, 0.25) is 15.7 Å². The molecule has 0 unspecified atom stereocenters. The third kappa shape index (κ3) is 15.6. The number of carbonyl (C=O) groups excluding carboxylic acids is 2. The van der Waals surface area contributed by atoms with Gasteiger partial charge in [0.25, 0.3) is 0 Å². The number of aromatic nitrogens is 12. The zero-order valence-electron chi connectivity index (χ0n) is 45.0. The molecule has 27 heteroatoms. The number of amides is 2. The van der Waals surface area contributed by atoms with Gasteiger partial charge in [0.1, 0.15) is 40.4 Å². The van der Waals surface area contributed by atoms with Crippen LogP contribution in [0, 0.1) is 45.8 Å². The Hall–Kier alpha value is -7.11. The van der Waals surface area contributed by atoms with Crippen molar-refractivity contribution < 1.29 is 18.9 Å². The van der Waals surface area contributed by atoms with Crippen LogP contribution >= 0.6 is 34.8 Å². The van der Waals surface area contributed by atoms with Crippen LogP contribution in [-0.2, 0) is 40.0 Å². The van der Waals surface area contributed by atoms with Gasteiger partial charge in [-0.25, -0.2) is 29.9 Å². The second kappa shape index (κ2) is 25.6. The summed E-state index contributed by atoms with van der Waals surface area (Å²) in [5, 5.41) is 42.2. The van der Waals surface area contributed by atoms with E-state index in [1.807, 2.05) is 70.1 Å². The zero-order valence-corrected chi connectivity index (χ0v) is 47.2. The van der Waals surface area contributed by atoms with Gasteiger partial charge in [-0.2, -0.15) is 31.1 Å². The average molecular weight is 1120 g/mol. The lowest BCUT2D eigenvalue weighted by Crippen LogP contribution is -2.55. The molecule has 78 heavy (non-hydrogen) atoms. The molecule has 9 heterocycles. The van der Waals surface area contributed by atoms with Gasteiger partial charge in [-0.3, -0.25) is 23.6 Å². The lowest BCUT2D eigenvalue weighted by Gasteiger charge is -2.40. The normalized spacial score (nSPS) is 18.9. The molecule has 6 aromatic rings. The van der Waals surface area contributed by atoms with E-state index in [0.717, 1.165) is 61.9 Å². The van der Waals surface area contributed by atoms with Gasteiger partial charge in [0, 0.05) is 144 Å². The van der Waals surface area contributed by atoms with Crippen LogP contribution in [0.4, 0.5) is 5.95 Å². The van der Waals surface area contributed by atoms with Gasteiger partial charge in [-0.15, -0.1) is 0 Å². The number of nitriles is 3. The molecule has 5 aliphatic rings. The Morgan fingerprint density at radius 2 is 1.13 bits per heavy atom. The van der Waals surface area contributed by atoms with E-state index in [0.29, 0.717) is 60.5 Å². The molecule has 5 fully saturated rings. The Morgan fingerprint density at radius 3 is 1.59 bits per heavy atom. The average Bonchev–Trinajstić information content (AvgIpc) is 4.29. The van der Waals surface area contributed by atoms with E-state index >= 15 is 0 Å². The fraction of sp³-hybridized carbons (Fsp3) is 0.490. The van der Waals surface area contributed by atoms with Gasteiger partial charge >= 0.3 is 7.12 Å². The van der Waals surface area contributed by atoms with Crippen LogP contribution < -0.4 is 15.7 Å². The first-order valence-corrected chi connectivity index (χ1v) is 26.4. The highest BCUT2D eigenvalue weighted by Gasteiger charge is 2.52. The van der Waals surface area contributed by atoms with Crippen molar-refractivity contribution in [1.29, 1.82) is 15.8 Å². The van der Waals surface area contributed by atoms with Crippen molar-refractivity contribution >= 4 is 65.1 Å². The Bertz CT molecular complexity index is 3170. The minimum Gasteiger partial charge on any atom is -0.399 e. The highest BCUT2D eigenvalue weighted by molar-refractivity contribution is 6.62. The molecule has 0 radical (unpaired) electrons. The number of rotatable bonds is 6. The molecular formula is C51H61BCl3N19O4. The Balaban J connectivity index is 0.000000148. The first kappa shape index (κ1) is 58.6. The van der Waals surface area contributed by atoms with E-state index in [1.54, 1.807) is 64.1 Å². The zero-order chi connectivity index (χ0) is 56.5. The first-order valence-electron chi connectivity index (χ1n) is 25.3. The number of aryl methyl sites for hydroxylation is 3. The predicted octanol–water partition coefficient (Wildman–Crippen LogP) is 5.19. The molecule has 3 aliphatic heterocycles. The topological polar surface area (TPSA) is 277 Å². The molecule has 408 valence electrons. The lowest BCUT2D eigenvalue weighted by molar-refractivity contribution is -0.135. The summed E-state index contributed by atoms with van der Waals surface area (Å²) in [5.74, 6) is 1.82. The van der Waals surface area contributed by atoms with Gasteiger partial charge in [0.2, 0.25) is 28.3 Å². The molecule has 3 saturated heterocycles. The summed E-state index contributed by atoms with van der Waals surface area (Å²) < 4.78 is 16.9. The molecule has 0 bridgehead atoms. The van der Waals surface area contributed by atoms with Crippen LogP contribution in [-0.4, -0.2) is 151 Å². The number of hydrogen-bond donors (Lipinski definition) is 1. The molecule has 0 aromatic carbocycles. The summed E-state index contributed by atoms with van der Waals surface area (Å²) in [6.45, 7) is 17.2. The van der Waals surface area contributed by atoms with Crippen molar-refractivity contribution in [2.45, 2.75) is 90.5 Å². The van der Waals surface area contributed by atoms with E-state index in [2.05, 4.69) is 75.3 Å². The summed E-state index contributed by atoms with van der Waals surface area (Å²) in [7, 11) is 5.23. The monoisotopic (exact) mass is 1120 g/mol. The summed E-state index contributed by atoms with van der Waals surface area (Å²) in [6, 6.07) is 10.9. The largest absolute Gasteiger partial charge is 0.498 e. The Kier molecular flexibility index (Phi) is 19.2. The minimum atomic E-state index is -0.302. The van der Waals surface area contributed by atoms with Crippen LogP contribution in [0.25, 0.3) is 22.5 Å². The molecule has 2 amide bonds. The minimum absolute atomic E-state index is 0.0101. The number of hydrogen-bond acceptors (Lipinski definition) is 18. The van der Waals surface area contributed by atoms with Gasteiger partial charge in [0.15, 0.2) is 0 Å². The van der Waals surface area contributed by atoms with E-state index < -0.39 is 0 Å². The highest BCUT2D eigenvalue weighted by atomic mass is 35.5. The van der Waals surface area contributed by atoms with Gasteiger partial charge < -0.3 is 29.3 Å². The van der Waals surface area contributed by atoms with Crippen LogP contribution in [0.3, 0.4) is 0 Å². The quantitative estimate of drug-likeness (QED) is 0.128. The smallest absolute Gasteiger partial charge is 0.399 e. The molecule has 2 saturated carbocycles. The molecule has 0 spiro atoms. The van der Waals surface area contributed by atoms with Crippen molar-refractivity contribution in [3.63, 3.8) is 0 Å². The third-order valence-corrected chi connectivity index (χ3v) is 14.0. The second-order valence-electron chi connectivity index (χ2n) is 20.3. The van der Waals surface area contributed by atoms with Gasteiger partial charge in [-0.1, -0.05) is 11.6 Å². The van der Waals surface area contributed by atoms with Crippen molar-refractivity contribution in [2.75, 3.05) is 44.2 Å². The van der Waals surface area contributed by atoms with Crippen molar-refractivity contribution in [1.82, 2.24) is 74.4 Å². The van der Waals surface area contributed by atoms with Gasteiger partial charge in [0.05, 0.1) is 35.0 Å². The molecule has 11 rings (SSSR count). The third-order valence-electron chi connectivity index (χ3n) is 13.5. The molecule has 1 N–H and O–H groups in total. The van der Waals surface area contributed by atoms with Crippen LogP contribution in [0.1, 0.15) is 84.3 Å². The number of nitrogens with zero attached hydrogens (tertiary/aromatic N) is 18. The lowest BCUT2D eigenvalue weighted by atomic mass is 9.82. The van der Waals surface area contributed by atoms with Crippen molar-refractivity contribution in [3.05, 3.63) is 88.2 Å². The number of carbonyl (C=O) groups is 2. The molecule has 2 aliphatic carbocycles. The van der Waals surface area contributed by atoms with E-state index in [1.165, 1.54) is 6.07 Å². The Morgan fingerprint density at radius 1 is 0.641 bits per heavy atom.